The molecule has 1 fully saturated rings. The largest absolute Gasteiger partial charge is 0.492 e. The molecule has 0 unspecified atom stereocenters. The number of aromatic nitrogens is 4. The number of rotatable bonds is 8. The van der Waals surface area contributed by atoms with Crippen LogP contribution in [0.4, 0.5) is 11.6 Å². The molecule has 0 bridgehead atoms. The van der Waals surface area contributed by atoms with Crippen molar-refractivity contribution in [3.63, 3.8) is 0 Å². The van der Waals surface area contributed by atoms with E-state index in [2.05, 4.69) is 32.0 Å². The SMILES string of the molecule is NCCOc1ccc(N2CCN(CCn3c(=O)sc4c3nc(N)n3nc(-c5ccco5)cc43)CC2)cc1. The van der Waals surface area contributed by atoms with E-state index in [0.717, 1.165) is 48.7 Å². The molecule has 192 valence electrons. The van der Waals surface area contributed by atoms with Crippen molar-refractivity contribution in [2.75, 3.05) is 56.5 Å². The molecule has 6 rings (SSSR count). The number of benzene rings is 1. The first-order valence-electron chi connectivity index (χ1n) is 12.2. The lowest BCUT2D eigenvalue weighted by molar-refractivity contribution is 0.248. The van der Waals surface area contributed by atoms with Gasteiger partial charge in [-0.3, -0.25) is 14.3 Å². The topological polar surface area (TPSA) is 133 Å². The molecule has 0 amide bonds. The third kappa shape index (κ3) is 4.54. The minimum absolute atomic E-state index is 0.0497. The number of nitrogen functional groups attached to an aromatic ring is 1. The molecular weight excluding hydrogens is 492 g/mol. The molecule has 0 spiro atoms. The lowest BCUT2D eigenvalue weighted by atomic mass is 10.2. The number of hydrogen-bond acceptors (Lipinski definition) is 10. The number of thiazole rings is 1. The van der Waals surface area contributed by atoms with Gasteiger partial charge in [-0.15, -0.1) is 0 Å². The average Bonchev–Trinajstić information content (AvgIpc) is 3.66. The standard InChI is InChI=1S/C25H28N8O3S/c26-7-15-35-18-5-3-17(4-6-18)31-11-8-30(9-12-31)10-13-32-23-22(37-25(32)34)20-16-19(21-2-1-14-36-21)29-33(20)24(27)28-23/h1-6,14,16H,7-13,15,26H2,(H2,27,28). The van der Waals surface area contributed by atoms with E-state index in [1.54, 1.807) is 21.4 Å². The van der Waals surface area contributed by atoms with E-state index in [1.807, 2.05) is 24.3 Å². The first-order valence-corrected chi connectivity index (χ1v) is 13.0. The highest BCUT2D eigenvalue weighted by Crippen LogP contribution is 2.28. The Morgan fingerprint density at radius 1 is 1.08 bits per heavy atom. The second-order valence-electron chi connectivity index (χ2n) is 8.91. The Labute approximate surface area is 216 Å². The van der Waals surface area contributed by atoms with Crippen LogP contribution in [-0.4, -0.2) is 69.9 Å². The monoisotopic (exact) mass is 520 g/mol. The van der Waals surface area contributed by atoms with Gasteiger partial charge in [0.15, 0.2) is 11.4 Å². The van der Waals surface area contributed by atoms with Crippen molar-refractivity contribution in [2.45, 2.75) is 6.54 Å². The lowest BCUT2D eigenvalue weighted by Gasteiger charge is -2.36. The highest BCUT2D eigenvalue weighted by molar-refractivity contribution is 7.17. The van der Waals surface area contributed by atoms with Crippen molar-refractivity contribution in [2.24, 2.45) is 5.73 Å². The zero-order chi connectivity index (χ0) is 25.4. The zero-order valence-corrected chi connectivity index (χ0v) is 21.1. The normalized spacial score (nSPS) is 14.7. The van der Waals surface area contributed by atoms with Crippen LogP contribution in [0.25, 0.3) is 27.3 Å². The van der Waals surface area contributed by atoms with Gasteiger partial charge in [-0.25, -0.2) is 0 Å². The average molecular weight is 521 g/mol. The summed E-state index contributed by atoms with van der Waals surface area (Å²) >= 11 is 1.17. The fraction of sp³-hybridized carbons (Fsp3) is 0.320. The van der Waals surface area contributed by atoms with E-state index >= 15 is 0 Å². The summed E-state index contributed by atoms with van der Waals surface area (Å²) in [5.74, 6) is 1.71. The van der Waals surface area contributed by atoms with Gasteiger partial charge in [0.05, 0.1) is 11.8 Å². The summed E-state index contributed by atoms with van der Waals surface area (Å²) in [6, 6.07) is 13.7. The van der Waals surface area contributed by atoms with Crippen molar-refractivity contribution >= 4 is 38.8 Å². The van der Waals surface area contributed by atoms with Crippen molar-refractivity contribution in [3.8, 4) is 17.2 Å². The van der Waals surface area contributed by atoms with Crippen molar-refractivity contribution in [3.05, 3.63) is 58.4 Å². The second kappa shape index (κ2) is 9.88. The predicted molar refractivity (Wildman–Crippen MR) is 144 cm³/mol. The summed E-state index contributed by atoms with van der Waals surface area (Å²) in [6.45, 7) is 5.99. The third-order valence-electron chi connectivity index (χ3n) is 6.62. The van der Waals surface area contributed by atoms with Crippen LogP contribution in [0.5, 0.6) is 5.75 Å². The molecular formula is C25H28N8O3S. The smallest absolute Gasteiger partial charge is 0.309 e. The van der Waals surface area contributed by atoms with E-state index in [4.69, 9.17) is 20.6 Å². The maximum atomic E-state index is 12.9. The molecule has 11 nitrogen and oxygen atoms in total. The van der Waals surface area contributed by atoms with Crippen molar-refractivity contribution in [1.82, 2.24) is 24.1 Å². The summed E-state index contributed by atoms with van der Waals surface area (Å²) < 4.78 is 15.1. The summed E-state index contributed by atoms with van der Waals surface area (Å²) in [7, 11) is 0. The van der Waals surface area contributed by atoms with E-state index < -0.39 is 0 Å². The molecule has 4 aromatic heterocycles. The Bertz CT molecular complexity index is 1560. The number of nitrogens with two attached hydrogens (primary N) is 2. The van der Waals surface area contributed by atoms with Gasteiger partial charge in [-0.05, 0) is 42.5 Å². The minimum atomic E-state index is -0.0497. The van der Waals surface area contributed by atoms with Crippen LogP contribution in [0, 0.1) is 0 Å². The fourth-order valence-electron chi connectivity index (χ4n) is 4.69. The number of ether oxygens (including phenoxy) is 1. The van der Waals surface area contributed by atoms with Crippen molar-refractivity contribution < 1.29 is 9.15 Å². The second-order valence-corrected chi connectivity index (χ2v) is 9.87. The molecule has 1 aromatic carbocycles. The number of piperazine rings is 1. The number of fused-ring (bicyclic) bond motifs is 3. The molecule has 12 heteroatoms. The van der Waals surface area contributed by atoms with Gasteiger partial charge in [-0.1, -0.05) is 11.3 Å². The molecule has 5 aromatic rings. The van der Waals surface area contributed by atoms with Gasteiger partial charge in [0, 0.05) is 51.5 Å². The van der Waals surface area contributed by atoms with E-state index in [-0.39, 0.29) is 10.8 Å². The molecule has 0 atom stereocenters. The van der Waals surface area contributed by atoms with Crippen LogP contribution in [0.15, 0.2) is 57.9 Å². The van der Waals surface area contributed by atoms with Gasteiger partial charge in [0.1, 0.15) is 22.8 Å². The highest BCUT2D eigenvalue weighted by atomic mass is 32.1. The summed E-state index contributed by atoms with van der Waals surface area (Å²) in [5, 5.41) is 4.52. The Hall–Kier alpha value is -3.87. The lowest BCUT2D eigenvalue weighted by Crippen LogP contribution is -2.47. The third-order valence-corrected chi connectivity index (χ3v) is 7.61. The summed E-state index contributed by atoms with van der Waals surface area (Å²) in [6.07, 6.45) is 1.60. The Morgan fingerprint density at radius 2 is 1.89 bits per heavy atom. The summed E-state index contributed by atoms with van der Waals surface area (Å²) in [4.78, 5) is 22.2. The van der Waals surface area contributed by atoms with Gasteiger partial charge in [0.2, 0.25) is 5.95 Å². The van der Waals surface area contributed by atoms with Crippen LogP contribution in [0.1, 0.15) is 0 Å². The van der Waals surface area contributed by atoms with Crippen LogP contribution in [0.3, 0.4) is 0 Å². The molecule has 0 aliphatic carbocycles. The van der Waals surface area contributed by atoms with E-state index in [1.165, 1.54) is 17.0 Å². The van der Waals surface area contributed by atoms with Crippen LogP contribution >= 0.6 is 11.3 Å². The molecule has 4 N–H and O–H groups in total. The van der Waals surface area contributed by atoms with Gasteiger partial charge in [0.25, 0.3) is 0 Å². The molecule has 37 heavy (non-hydrogen) atoms. The number of anilines is 2. The minimum Gasteiger partial charge on any atom is -0.492 e. The Morgan fingerprint density at radius 3 is 2.62 bits per heavy atom. The number of hydrogen-bond donors (Lipinski definition) is 2. The Balaban J connectivity index is 1.14. The first-order chi connectivity index (χ1) is 18.1. The van der Waals surface area contributed by atoms with Crippen LogP contribution in [0.2, 0.25) is 0 Å². The Kier molecular flexibility index (Phi) is 6.28. The fourth-order valence-corrected chi connectivity index (χ4v) is 5.65. The number of nitrogens with zero attached hydrogens (tertiary/aromatic N) is 6. The van der Waals surface area contributed by atoms with Crippen molar-refractivity contribution in [1.29, 1.82) is 0 Å². The highest BCUT2D eigenvalue weighted by Gasteiger charge is 2.21. The maximum Gasteiger partial charge on any atom is 0.309 e. The molecule has 1 saturated heterocycles. The first kappa shape index (κ1) is 23.5. The molecule has 1 aliphatic rings. The number of furan rings is 1. The van der Waals surface area contributed by atoms with E-state index in [9.17, 15) is 4.79 Å². The molecule has 0 saturated carbocycles. The van der Waals surface area contributed by atoms with E-state index in [0.29, 0.717) is 36.8 Å². The molecule has 1 aliphatic heterocycles. The maximum absolute atomic E-state index is 12.9. The van der Waals surface area contributed by atoms with Gasteiger partial charge >= 0.3 is 4.87 Å². The predicted octanol–water partition coefficient (Wildman–Crippen LogP) is 2.11. The van der Waals surface area contributed by atoms with Crippen LogP contribution < -0.4 is 26.0 Å². The summed E-state index contributed by atoms with van der Waals surface area (Å²) in [5.41, 5.74) is 14.9. The quantitative estimate of drug-likeness (QED) is 0.316. The van der Waals surface area contributed by atoms with Gasteiger partial charge < -0.3 is 25.5 Å². The van der Waals surface area contributed by atoms with Gasteiger partial charge in [-0.2, -0.15) is 14.6 Å². The zero-order valence-electron chi connectivity index (χ0n) is 20.2. The van der Waals surface area contributed by atoms with Crippen LogP contribution in [-0.2, 0) is 6.54 Å². The molecule has 0 radical (unpaired) electrons. The molecule has 5 heterocycles.